The number of carbonyl (C=O) groups excluding carboxylic acids is 3. The standard InChI is InChI=1S/C18H21FN2O3/c1-11(22)15-7-6-14(19)9-16(15)20-17(23)13-3-2-8-21(10-13)18(24)12-4-5-12/h6-7,9,12-13H,2-5,8,10H2,1H3,(H,20,23). The number of carbonyl (C=O) groups is 3. The number of piperidine rings is 1. The van der Waals surface area contributed by atoms with Gasteiger partial charge in [0.25, 0.3) is 0 Å². The predicted molar refractivity (Wildman–Crippen MR) is 87.1 cm³/mol. The number of likely N-dealkylation sites (tertiary alicyclic amines) is 1. The number of amides is 2. The van der Waals surface area contributed by atoms with Crippen molar-refractivity contribution in [2.24, 2.45) is 11.8 Å². The van der Waals surface area contributed by atoms with Crippen LogP contribution in [-0.4, -0.2) is 35.6 Å². The third-order valence-electron chi connectivity index (χ3n) is 4.65. The Kier molecular flexibility index (Phi) is 4.64. The van der Waals surface area contributed by atoms with Crippen molar-refractivity contribution in [3.8, 4) is 0 Å². The lowest BCUT2D eigenvalue weighted by Gasteiger charge is -2.32. The quantitative estimate of drug-likeness (QED) is 0.862. The highest BCUT2D eigenvalue weighted by Gasteiger charge is 2.36. The molecular weight excluding hydrogens is 311 g/mol. The molecule has 24 heavy (non-hydrogen) atoms. The molecule has 0 bridgehead atoms. The summed E-state index contributed by atoms with van der Waals surface area (Å²) < 4.78 is 13.5. The van der Waals surface area contributed by atoms with Crippen LogP contribution in [0.2, 0.25) is 0 Å². The maximum absolute atomic E-state index is 13.5. The zero-order valence-electron chi connectivity index (χ0n) is 13.7. The molecular formula is C18H21FN2O3. The Bertz CT molecular complexity index is 685. The Morgan fingerprint density at radius 3 is 2.58 bits per heavy atom. The third-order valence-corrected chi connectivity index (χ3v) is 4.65. The summed E-state index contributed by atoms with van der Waals surface area (Å²) in [6, 6.07) is 3.73. The first kappa shape index (κ1) is 16.6. The summed E-state index contributed by atoms with van der Waals surface area (Å²) in [5, 5.41) is 2.67. The van der Waals surface area contributed by atoms with Crippen molar-refractivity contribution in [3.05, 3.63) is 29.6 Å². The van der Waals surface area contributed by atoms with Gasteiger partial charge < -0.3 is 10.2 Å². The van der Waals surface area contributed by atoms with Crippen LogP contribution in [0.5, 0.6) is 0 Å². The minimum Gasteiger partial charge on any atom is -0.342 e. The van der Waals surface area contributed by atoms with Gasteiger partial charge in [-0.25, -0.2) is 4.39 Å². The highest BCUT2D eigenvalue weighted by molar-refractivity contribution is 6.04. The number of ketones is 1. The molecule has 1 N–H and O–H groups in total. The van der Waals surface area contributed by atoms with Crippen LogP contribution in [0, 0.1) is 17.7 Å². The minimum absolute atomic E-state index is 0.138. The second-order valence-corrected chi connectivity index (χ2v) is 6.63. The average molecular weight is 332 g/mol. The number of Topliss-reactive ketones (excluding diaryl/α,β-unsaturated/α-hetero) is 1. The van der Waals surface area contributed by atoms with Crippen LogP contribution in [-0.2, 0) is 9.59 Å². The molecule has 1 atom stereocenters. The van der Waals surface area contributed by atoms with E-state index in [2.05, 4.69) is 5.32 Å². The fourth-order valence-corrected chi connectivity index (χ4v) is 3.14. The normalized spacial score (nSPS) is 20.6. The van der Waals surface area contributed by atoms with Crippen molar-refractivity contribution in [2.45, 2.75) is 32.6 Å². The van der Waals surface area contributed by atoms with Crippen LogP contribution in [0.25, 0.3) is 0 Å². The van der Waals surface area contributed by atoms with Gasteiger partial charge in [0, 0.05) is 24.6 Å². The fourth-order valence-electron chi connectivity index (χ4n) is 3.14. The maximum atomic E-state index is 13.5. The second-order valence-electron chi connectivity index (χ2n) is 6.63. The highest BCUT2D eigenvalue weighted by atomic mass is 19.1. The van der Waals surface area contributed by atoms with Crippen LogP contribution < -0.4 is 5.32 Å². The van der Waals surface area contributed by atoms with E-state index in [9.17, 15) is 18.8 Å². The number of nitrogens with one attached hydrogen (secondary N) is 1. The Morgan fingerprint density at radius 1 is 1.17 bits per heavy atom. The molecule has 5 nitrogen and oxygen atoms in total. The molecule has 1 aromatic carbocycles. The summed E-state index contributed by atoms with van der Waals surface area (Å²) in [5.41, 5.74) is 0.476. The summed E-state index contributed by atoms with van der Waals surface area (Å²) in [5.74, 6) is -1.06. The number of nitrogens with zero attached hydrogens (tertiary/aromatic N) is 1. The van der Waals surface area contributed by atoms with Gasteiger partial charge in [-0.05, 0) is 50.8 Å². The summed E-state index contributed by atoms with van der Waals surface area (Å²) in [6.07, 6.45) is 3.35. The zero-order chi connectivity index (χ0) is 17.3. The number of hydrogen-bond acceptors (Lipinski definition) is 3. The van der Waals surface area contributed by atoms with E-state index < -0.39 is 5.82 Å². The molecule has 1 aliphatic heterocycles. The number of rotatable bonds is 4. The Hall–Kier alpha value is -2.24. The highest BCUT2D eigenvalue weighted by Crippen LogP contribution is 2.32. The molecule has 2 amide bonds. The maximum Gasteiger partial charge on any atom is 0.229 e. The van der Waals surface area contributed by atoms with Gasteiger partial charge in [-0.1, -0.05) is 0 Å². The minimum atomic E-state index is -0.510. The van der Waals surface area contributed by atoms with Gasteiger partial charge in [-0.2, -0.15) is 0 Å². The fraction of sp³-hybridized carbons (Fsp3) is 0.500. The first-order valence-corrected chi connectivity index (χ1v) is 8.36. The van der Waals surface area contributed by atoms with E-state index in [1.165, 1.54) is 19.1 Å². The lowest BCUT2D eigenvalue weighted by atomic mass is 9.96. The molecule has 2 aliphatic rings. The smallest absolute Gasteiger partial charge is 0.229 e. The molecule has 1 heterocycles. The van der Waals surface area contributed by atoms with Gasteiger partial charge in [0.15, 0.2) is 5.78 Å². The van der Waals surface area contributed by atoms with Gasteiger partial charge in [-0.3, -0.25) is 14.4 Å². The molecule has 0 spiro atoms. The van der Waals surface area contributed by atoms with Gasteiger partial charge in [0.2, 0.25) is 11.8 Å². The van der Waals surface area contributed by atoms with Crippen molar-refractivity contribution in [2.75, 3.05) is 18.4 Å². The van der Waals surface area contributed by atoms with E-state index in [1.807, 2.05) is 0 Å². The summed E-state index contributed by atoms with van der Waals surface area (Å²) in [7, 11) is 0. The van der Waals surface area contributed by atoms with E-state index in [4.69, 9.17) is 0 Å². The first-order chi connectivity index (χ1) is 11.5. The Balaban J connectivity index is 1.69. The molecule has 1 aromatic rings. The van der Waals surface area contributed by atoms with Crippen molar-refractivity contribution in [3.63, 3.8) is 0 Å². The number of halogens is 1. The third kappa shape index (κ3) is 3.63. The number of benzene rings is 1. The lowest BCUT2D eigenvalue weighted by Crippen LogP contribution is -2.44. The molecule has 128 valence electrons. The monoisotopic (exact) mass is 332 g/mol. The van der Waals surface area contributed by atoms with E-state index >= 15 is 0 Å². The van der Waals surface area contributed by atoms with Gasteiger partial charge in [0.05, 0.1) is 11.6 Å². The molecule has 1 saturated carbocycles. The predicted octanol–water partition coefficient (Wildman–Crippen LogP) is 2.62. The molecule has 6 heteroatoms. The first-order valence-electron chi connectivity index (χ1n) is 8.36. The summed E-state index contributed by atoms with van der Waals surface area (Å²) in [6.45, 7) is 2.46. The molecule has 0 aromatic heterocycles. The van der Waals surface area contributed by atoms with Crippen molar-refractivity contribution in [1.82, 2.24) is 4.90 Å². The number of anilines is 1. The van der Waals surface area contributed by atoms with E-state index in [0.29, 0.717) is 19.5 Å². The summed E-state index contributed by atoms with van der Waals surface area (Å²) >= 11 is 0. The van der Waals surface area contributed by atoms with Crippen molar-refractivity contribution in [1.29, 1.82) is 0 Å². The van der Waals surface area contributed by atoms with Crippen LogP contribution in [0.1, 0.15) is 43.0 Å². The van der Waals surface area contributed by atoms with E-state index in [-0.39, 0.29) is 40.7 Å². The van der Waals surface area contributed by atoms with Gasteiger partial charge in [0.1, 0.15) is 5.82 Å². The molecule has 1 unspecified atom stereocenters. The zero-order valence-corrected chi connectivity index (χ0v) is 13.7. The van der Waals surface area contributed by atoms with Crippen molar-refractivity contribution >= 4 is 23.3 Å². The van der Waals surface area contributed by atoms with E-state index in [1.54, 1.807) is 4.90 Å². The lowest BCUT2D eigenvalue weighted by molar-refractivity contribution is -0.135. The van der Waals surface area contributed by atoms with Crippen LogP contribution in [0.3, 0.4) is 0 Å². The summed E-state index contributed by atoms with van der Waals surface area (Å²) in [4.78, 5) is 38.1. The van der Waals surface area contributed by atoms with Gasteiger partial charge in [-0.15, -0.1) is 0 Å². The molecule has 1 saturated heterocycles. The average Bonchev–Trinajstić information content (AvgIpc) is 3.39. The van der Waals surface area contributed by atoms with Crippen LogP contribution in [0.15, 0.2) is 18.2 Å². The topological polar surface area (TPSA) is 66.5 Å². The van der Waals surface area contributed by atoms with Gasteiger partial charge >= 0.3 is 0 Å². The molecule has 3 rings (SSSR count). The second kappa shape index (κ2) is 6.71. The Morgan fingerprint density at radius 2 is 1.92 bits per heavy atom. The van der Waals surface area contributed by atoms with E-state index in [0.717, 1.165) is 25.3 Å². The van der Waals surface area contributed by atoms with Crippen LogP contribution >= 0.6 is 0 Å². The molecule has 2 fully saturated rings. The Labute approximate surface area is 140 Å². The molecule has 0 radical (unpaired) electrons. The number of hydrogen-bond donors (Lipinski definition) is 1. The van der Waals surface area contributed by atoms with Crippen LogP contribution in [0.4, 0.5) is 10.1 Å². The SMILES string of the molecule is CC(=O)c1ccc(F)cc1NC(=O)C1CCCN(C(=O)C2CC2)C1. The largest absolute Gasteiger partial charge is 0.342 e. The van der Waals surface area contributed by atoms with Crippen molar-refractivity contribution < 1.29 is 18.8 Å². The molecule has 1 aliphatic carbocycles.